The molecule has 39 heavy (non-hydrogen) atoms. The van der Waals surface area contributed by atoms with Gasteiger partial charge in [0.05, 0.1) is 18.1 Å². The predicted octanol–water partition coefficient (Wildman–Crippen LogP) is 7.24. The van der Waals surface area contributed by atoms with E-state index in [1.807, 2.05) is 98.8 Å². The summed E-state index contributed by atoms with van der Waals surface area (Å²) in [6.45, 7) is 5.36. The molecule has 0 spiro atoms. The normalized spacial score (nSPS) is 14.3. The van der Waals surface area contributed by atoms with Crippen LogP contribution in [0.1, 0.15) is 23.6 Å². The van der Waals surface area contributed by atoms with E-state index in [1.54, 1.807) is 6.08 Å². The standard InChI is InChI=1S/C32H29NO5S/c1-3-36-29-19-23(11-15-28(29)38-17-16-37-27-13-8-22(2)9-14-27)20-30-31(34)33(32(35)39-30)21-24-10-12-25-6-4-5-7-26(25)18-24/h4-15,18-20H,3,16-17,21H2,1-2H3/b30-20-. The molecule has 5 rings (SSSR count). The molecule has 0 aromatic heterocycles. The van der Waals surface area contributed by atoms with E-state index in [2.05, 4.69) is 0 Å². The smallest absolute Gasteiger partial charge is 0.293 e. The molecule has 0 radical (unpaired) electrons. The Morgan fingerprint density at radius 3 is 2.36 bits per heavy atom. The van der Waals surface area contributed by atoms with E-state index in [1.165, 1.54) is 10.5 Å². The Bertz CT molecular complexity index is 1530. The van der Waals surface area contributed by atoms with Gasteiger partial charge in [-0.2, -0.15) is 0 Å². The number of fused-ring (bicyclic) bond motifs is 1. The summed E-state index contributed by atoms with van der Waals surface area (Å²) in [5.41, 5.74) is 2.83. The van der Waals surface area contributed by atoms with Crippen molar-refractivity contribution in [3.05, 3.63) is 107 Å². The molecule has 0 bridgehead atoms. The third-order valence-corrected chi connectivity index (χ3v) is 7.13. The van der Waals surface area contributed by atoms with Crippen molar-refractivity contribution in [1.29, 1.82) is 0 Å². The van der Waals surface area contributed by atoms with Gasteiger partial charge >= 0.3 is 0 Å². The average Bonchev–Trinajstić information content (AvgIpc) is 3.20. The Balaban J connectivity index is 1.24. The van der Waals surface area contributed by atoms with Crippen LogP contribution in [0.3, 0.4) is 0 Å². The largest absolute Gasteiger partial charge is 0.490 e. The van der Waals surface area contributed by atoms with Crippen molar-refractivity contribution in [3.63, 3.8) is 0 Å². The summed E-state index contributed by atoms with van der Waals surface area (Å²) in [6, 6.07) is 27.3. The van der Waals surface area contributed by atoms with E-state index in [0.717, 1.165) is 39.4 Å². The van der Waals surface area contributed by atoms with Crippen molar-refractivity contribution in [3.8, 4) is 17.2 Å². The molecule has 0 N–H and O–H groups in total. The Morgan fingerprint density at radius 1 is 0.795 bits per heavy atom. The number of thioether (sulfide) groups is 1. The van der Waals surface area contributed by atoms with E-state index < -0.39 is 0 Å². The monoisotopic (exact) mass is 539 g/mol. The Hall–Kier alpha value is -4.23. The molecule has 1 aliphatic rings. The minimum absolute atomic E-state index is 0.231. The number of hydrogen-bond donors (Lipinski definition) is 0. The highest BCUT2D eigenvalue weighted by molar-refractivity contribution is 8.18. The predicted molar refractivity (Wildman–Crippen MR) is 155 cm³/mol. The molecule has 0 unspecified atom stereocenters. The number of carbonyl (C=O) groups is 2. The van der Waals surface area contributed by atoms with E-state index in [9.17, 15) is 9.59 Å². The fraction of sp³-hybridized carbons (Fsp3) is 0.188. The van der Waals surface area contributed by atoms with Gasteiger partial charge in [0.15, 0.2) is 11.5 Å². The minimum atomic E-state index is -0.301. The van der Waals surface area contributed by atoms with Crippen molar-refractivity contribution in [2.75, 3.05) is 19.8 Å². The summed E-state index contributed by atoms with van der Waals surface area (Å²) in [5.74, 6) is 1.65. The topological polar surface area (TPSA) is 65.1 Å². The summed E-state index contributed by atoms with van der Waals surface area (Å²) >= 11 is 0.948. The summed E-state index contributed by atoms with van der Waals surface area (Å²) in [6.07, 6.45) is 1.72. The molecule has 6 nitrogen and oxygen atoms in total. The van der Waals surface area contributed by atoms with Gasteiger partial charge in [0, 0.05) is 0 Å². The zero-order valence-electron chi connectivity index (χ0n) is 21.9. The molecule has 0 atom stereocenters. The number of imide groups is 1. The Kier molecular flexibility index (Phi) is 8.18. The van der Waals surface area contributed by atoms with Gasteiger partial charge in [0.2, 0.25) is 0 Å². The molecular formula is C32H29NO5S. The third kappa shape index (κ3) is 6.44. The van der Waals surface area contributed by atoms with Crippen LogP contribution in [0.5, 0.6) is 17.2 Å². The van der Waals surface area contributed by atoms with Crippen LogP contribution in [0.25, 0.3) is 16.8 Å². The first-order chi connectivity index (χ1) is 19.0. The minimum Gasteiger partial charge on any atom is -0.490 e. The maximum absolute atomic E-state index is 13.1. The number of benzene rings is 4. The Labute approximate surface area is 232 Å². The highest BCUT2D eigenvalue weighted by Crippen LogP contribution is 2.35. The molecule has 1 heterocycles. The van der Waals surface area contributed by atoms with Gasteiger partial charge in [-0.25, -0.2) is 0 Å². The first-order valence-electron chi connectivity index (χ1n) is 12.8. The molecule has 7 heteroatoms. The molecule has 1 aliphatic heterocycles. The van der Waals surface area contributed by atoms with Crippen LogP contribution in [-0.4, -0.2) is 35.9 Å². The van der Waals surface area contributed by atoms with Crippen molar-refractivity contribution >= 4 is 39.8 Å². The van der Waals surface area contributed by atoms with Crippen LogP contribution < -0.4 is 14.2 Å². The molecular weight excluding hydrogens is 510 g/mol. The molecule has 4 aromatic rings. The average molecular weight is 540 g/mol. The lowest BCUT2D eigenvalue weighted by atomic mass is 10.1. The van der Waals surface area contributed by atoms with Crippen LogP contribution in [0, 0.1) is 6.92 Å². The Morgan fingerprint density at radius 2 is 1.56 bits per heavy atom. The number of aryl methyl sites for hydroxylation is 1. The molecule has 0 aliphatic carbocycles. The van der Waals surface area contributed by atoms with E-state index in [0.29, 0.717) is 36.2 Å². The fourth-order valence-corrected chi connectivity index (χ4v) is 5.09. The second-order valence-corrected chi connectivity index (χ2v) is 10.1. The van der Waals surface area contributed by atoms with E-state index in [4.69, 9.17) is 14.2 Å². The number of carbonyl (C=O) groups excluding carboxylic acids is 2. The summed E-state index contributed by atoms with van der Waals surface area (Å²) in [7, 11) is 0. The first-order valence-corrected chi connectivity index (χ1v) is 13.6. The van der Waals surface area contributed by atoms with Crippen LogP contribution in [0.4, 0.5) is 4.79 Å². The summed E-state index contributed by atoms with van der Waals surface area (Å²) in [4.78, 5) is 27.5. The maximum atomic E-state index is 13.1. The fourth-order valence-electron chi connectivity index (χ4n) is 4.25. The summed E-state index contributed by atoms with van der Waals surface area (Å²) < 4.78 is 17.4. The highest BCUT2D eigenvalue weighted by Gasteiger charge is 2.35. The van der Waals surface area contributed by atoms with E-state index in [-0.39, 0.29) is 17.7 Å². The second kappa shape index (κ2) is 12.1. The van der Waals surface area contributed by atoms with Gasteiger partial charge in [-0.05, 0) is 83.9 Å². The van der Waals surface area contributed by atoms with Gasteiger partial charge in [-0.1, -0.05) is 60.2 Å². The molecule has 0 saturated carbocycles. The van der Waals surface area contributed by atoms with Crippen molar-refractivity contribution in [2.24, 2.45) is 0 Å². The molecule has 1 fully saturated rings. The second-order valence-electron chi connectivity index (χ2n) is 9.10. The van der Waals surface area contributed by atoms with E-state index >= 15 is 0 Å². The third-order valence-electron chi connectivity index (χ3n) is 6.22. The van der Waals surface area contributed by atoms with Gasteiger partial charge in [-0.15, -0.1) is 0 Å². The summed E-state index contributed by atoms with van der Waals surface area (Å²) in [5, 5.41) is 1.91. The van der Waals surface area contributed by atoms with Crippen molar-refractivity contribution in [2.45, 2.75) is 20.4 Å². The van der Waals surface area contributed by atoms with Crippen molar-refractivity contribution in [1.82, 2.24) is 4.90 Å². The van der Waals surface area contributed by atoms with Crippen molar-refractivity contribution < 1.29 is 23.8 Å². The number of nitrogens with zero attached hydrogens (tertiary/aromatic N) is 1. The van der Waals surface area contributed by atoms with Crippen LogP contribution in [0.15, 0.2) is 89.8 Å². The quantitative estimate of drug-likeness (QED) is 0.156. The number of ether oxygens (including phenoxy) is 3. The SMILES string of the molecule is CCOc1cc(/C=C2\SC(=O)N(Cc3ccc4ccccc4c3)C2=O)ccc1OCCOc1ccc(C)cc1. The molecule has 198 valence electrons. The zero-order chi connectivity index (χ0) is 27.2. The lowest BCUT2D eigenvalue weighted by molar-refractivity contribution is -0.123. The molecule has 2 amide bonds. The molecule has 4 aromatic carbocycles. The lowest BCUT2D eigenvalue weighted by Gasteiger charge is -2.14. The highest BCUT2D eigenvalue weighted by atomic mass is 32.2. The lowest BCUT2D eigenvalue weighted by Crippen LogP contribution is -2.27. The van der Waals surface area contributed by atoms with Gasteiger partial charge in [0.1, 0.15) is 19.0 Å². The maximum Gasteiger partial charge on any atom is 0.293 e. The van der Waals surface area contributed by atoms with Gasteiger partial charge < -0.3 is 14.2 Å². The van der Waals surface area contributed by atoms with Gasteiger partial charge in [-0.3, -0.25) is 14.5 Å². The number of rotatable bonds is 10. The van der Waals surface area contributed by atoms with Crippen LogP contribution in [-0.2, 0) is 11.3 Å². The van der Waals surface area contributed by atoms with Crippen LogP contribution >= 0.6 is 11.8 Å². The zero-order valence-corrected chi connectivity index (χ0v) is 22.7. The molecule has 1 saturated heterocycles. The van der Waals surface area contributed by atoms with Crippen LogP contribution in [0.2, 0.25) is 0 Å². The number of amides is 2. The first kappa shape index (κ1) is 26.4. The van der Waals surface area contributed by atoms with Gasteiger partial charge in [0.25, 0.3) is 11.1 Å². The number of hydrogen-bond acceptors (Lipinski definition) is 6.